The third-order valence-electron chi connectivity index (χ3n) is 4.22. The first kappa shape index (κ1) is 17.1. The molecule has 136 valence electrons. The second-order valence-corrected chi connectivity index (χ2v) is 6.83. The van der Waals surface area contributed by atoms with Gasteiger partial charge in [-0.05, 0) is 24.5 Å². The van der Waals surface area contributed by atoms with E-state index >= 15 is 0 Å². The van der Waals surface area contributed by atoms with Crippen molar-refractivity contribution in [2.75, 3.05) is 18.4 Å². The zero-order valence-corrected chi connectivity index (χ0v) is 14.6. The topological polar surface area (TPSA) is 85.4 Å². The Kier molecular flexibility index (Phi) is 4.65. The highest BCUT2D eigenvalue weighted by atomic mass is 31.1. The van der Waals surface area contributed by atoms with Gasteiger partial charge in [0, 0.05) is 36.7 Å². The summed E-state index contributed by atoms with van der Waals surface area (Å²) in [6, 6.07) is 2.53. The SMILES string of the molecule is O=[P+](Oc1nc2c(cc1F)CNCC2)Oc1nc2c(cc1F)NCCC2. The average Bonchev–Trinajstić information content (AvgIpc) is 2.63. The standard InChI is InChI=1S/C16H16F2N4O3P/c17-10-6-9-8-19-5-3-12(9)21-15(10)24-26(23)25-16-11(18)7-14-13(22-16)2-1-4-20-14/h6-7,19-20H,1-5,8H2/q+1. The maximum Gasteiger partial charge on any atom is 0.808 e. The first-order chi connectivity index (χ1) is 12.6. The lowest BCUT2D eigenvalue weighted by Gasteiger charge is -2.16. The van der Waals surface area contributed by atoms with Crippen molar-refractivity contribution >= 4 is 13.9 Å². The van der Waals surface area contributed by atoms with Gasteiger partial charge >= 0.3 is 20.0 Å². The van der Waals surface area contributed by atoms with Crippen LogP contribution in [0, 0.1) is 11.6 Å². The highest BCUT2D eigenvalue weighted by Crippen LogP contribution is 2.34. The second-order valence-electron chi connectivity index (χ2n) is 6.01. The Morgan fingerprint density at radius 2 is 1.73 bits per heavy atom. The zero-order valence-electron chi connectivity index (χ0n) is 13.7. The monoisotopic (exact) mass is 381 g/mol. The van der Waals surface area contributed by atoms with Crippen LogP contribution in [0.3, 0.4) is 0 Å². The van der Waals surface area contributed by atoms with Crippen molar-refractivity contribution in [2.24, 2.45) is 0 Å². The Balaban J connectivity index is 1.51. The van der Waals surface area contributed by atoms with E-state index in [2.05, 4.69) is 20.6 Å². The number of hydrogen-bond donors (Lipinski definition) is 2. The number of aromatic nitrogens is 2. The molecule has 0 aromatic carbocycles. The number of hydrogen-bond acceptors (Lipinski definition) is 7. The van der Waals surface area contributed by atoms with E-state index in [0.29, 0.717) is 43.0 Å². The van der Waals surface area contributed by atoms with Gasteiger partial charge in [0.15, 0.2) is 11.6 Å². The Labute approximate surface area is 149 Å². The van der Waals surface area contributed by atoms with Crippen LogP contribution in [0.2, 0.25) is 0 Å². The van der Waals surface area contributed by atoms with Crippen molar-refractivity contribution in [1.82, 2.24) is 15.3 Å². The van der Waals surface area contributed by atoms with E-state index in [1.54, 1.807) is 0 Å². The van der Waals surface area contributed by atoms with E-state index in [0.717, 1.165) is 18.5 Å². The van der Waals surface area contributed by atoms with Crippen LogP contribution in [0.4, 0.5) is 14.5 Å². The third kappa shape index (κ3) is 3.45. The lowest BCUT2D eigenvalue weighted by atomic mass is 10.1. The van der Waals surface area contributed by atoms with Gasteiger partial charge in [-0.25, -0.2) is 18.7 Å². The van der Waals surface area contributed by atoms with Crippen molar-refractivity contribution in [1.29, 1.82) is 0 Å². The van der Waals surface area contributed by atoms with Crippen LogP contribution >= 0.6 is 8.25 Å². The molecule has 2 aromatic rings. The largest absolute Gasteiger partial charge is 0.808 e. The van der Waals surface area contributed by atoms with Crippen LogP contribution < -0.4 is 19.7 Å². The van der Waals surface area contributed by atoms with Gasteiger partial charge in [0.2, 0.25) is 0 Å². The molecule has 1 atom stereocenters. The van der Waals surface area contributed by atoms with E-state index in [1.807, 2.05) is 0 Å². The Morgan fingerprint density at radius 1 is 1.00 bits per heavy atom. The van der Waals surface area contributed by atoms with Crippen molar-refractivity contribution in [3.8, 4) is 11.8 Å². The van der Waals surface area contributed by atoms with Gasteiger partial charge in [-0.2, -0.15) is 9.05 Å². The fourth-order valence-corrected chi connectivity index (χ4v) is 3.54. The van der Waals surface area contributed by atoms with Gasteiger partial charge < -0.3 is 10.6 Å². The van der Waals surface area contributed by atoms with Gasteiger partial charge in [-0.15, -0.1) is 0 Å². The van der Waals surface area contributed by atoms with Crippen molar-refractivity contribution in [2.45, 2.75) is 25.8 Å². The number of anilines is 1. The van der Waals surface area contributed by atoms with Gasteiger partial charge in [-0.1, -0.05) is 0 Å². The fraction of sp³-hybridized carbons (Fsp3) is 0.375. The summed E-state index contributed by atoms with van der Waals surface area (Å²) in [4.78, 5) is 8.10. The Bertz CT molecular complexity index is 812. The van der Waals surface area contributed by atoms with Gasteiger partial charge in [0.1, 0.15) is 0 Å². The highest BCUT2D eigenvalue weighted by molar-refractivity contribution is 7.34. The van der Waals surface area contributed by atoms with E-state index in [4.69, 9.17) is 9.05 Å². The molecular formula is C16H16F2N4O3P+. The van der Waals surface area contributed by atoms with Crippen LogP contribution in [-0.2, 0) is 24.0 Å². The molecule has 0 spiro atoms. The van der Waals surface area contributed by atoms with Crippen molar-refractivity contribution < 1.29 is 22.4 Å². The number of nitrogens with one attached hydrogen (secondary N) is 2. The molecule has 7 nitrogen and oxygen atoms in total. The van der Waals surface area contributed by atoms with Gasteiger partial charge in [-0.3, -0.25) is 0 Å². The average molecular weight is 381 g/mol. The quantitative estimate of drug-likeness (QED) is 0.788. The fourth-order valence-electron chi connectivity index (χ4n) is 2.96. The number of halogens is 2. The van der Waals surface area contributed by atoms with E-state index in [-0.39, 0.29) is 0 Å². The summed E-state index contributed by atoms with van der Waals surface area (Å²) in [5, 5.41) is 6.14. The lowest BCUT2D eigenvalue weighted by Crippen LogP contribution is -2.24. The lowest BCUT2D eigenvalue weighted by molar-refractivity contribution is 0.376. The van der Waals surface area contributed by atoms with Crippen molar-refractivity contribution in [3.63, 3.8) is 0 Å². The van der Waals surface area contributed by atoms with Crippen LogP contribution in [0.1, 0.15) is 23.4 Å². The van der Waals surface area contributed by atoms with Crippen molar-refractivity contribution in [3.05, 3.63) is 40.7 Å². The molecule has 2 aromatic heterocycles. The molecule has 0 bridgehead atoms. The van der Waals surface area contributed by atoms with E-state index in [9.17, 15) is 13.3 Å². The van der Waals surface area contributed by atoms with Crippen LogP contribution in [0.5, 0.6) is 11.8 Å². The number of pyridine rings is 2. The predicted octanol–water partition coefficient (Wildman–Crippen LogP) is 2.87. The molecule has 0 saturated heterocycles. The molecule has 10 heteroatoms. The van der Waals surface area contributed by atoms with Gasteiger partial charge in [0.25, 0.3) is 0 Å². The number of rotatable bonds is 4. The zero-order chi connectivity index (χ0) is 18.1. The second kappa shape index (κ2) is 7.09. The summed E-state index contributed by atoms with van der Waals surface area (Å²) < 4.78 is 50.2. The molecule has 0 saturated carbocycles. The summed E-state index contributed by atoms with van der Waals surface area (Å²) >= 11 is 0. The summed E-state index contributed by atoms with van der Waals surface area (Å²) in [6.45, 7) is 1.97. The molecule has 2 aliphatic heterocycles. The van der Waals surface area contributed by atoms with Crippen LogP contribution in [0.15, 0.2) is 12.1 Å². The molecule has 0 fully saturated rings. The summed E-state index contributed by atoms with van der Waals surface area (Å²) in [5.74, 6) is -2.37. The number of fused-ring (bicyclic) bond motifs is 2. The minimum absolute atomic E-state index is 0.424. The minimum Gasteiger partial charge on any atom is -0.383 e. The molecule has 4 heterocycles. The first-order valence-electron chi connectivity index (χ1n) is 8.25. The maximum absolute atomic E-state index is 14.1. The molecule has 2 aliphatic rings. The molecule has 2 N–H and O–H groups in total. The molecule has 0 aliphatic carbocycles. The molecule has 26 heavy (non-hydrogen) atoms. The van der Waals surface area contributed by atoms with E-state index < -0.39 is 31.6 Å². The van der Waals surface area contributed by atoms with E-state index in [1.165, 1.54) is 12.1 Å². The van der Waals surface area contributed by atoms with Gasteiger partial charge in [0.05, 0.1) is 17.1 Å². The summed E-state index contributed by atoms with van der Waals surface area (Å²) in [7, 11) is -2.88. The number of nitrogens with zero attached hydrogens (tertiary/aromatic N) is 2. The van der Waals surface area contributed by atoms with Crippen LogP contribution in [-0.4, -0.2) is 23.1 Å². The normalized spacial score (nSPS) is 16.2. The molecule has 4 rings (SSSR count). The minimum atomic E-state index is -2.88. The summed E-state index contributed by atoms with van der Waals surface area (Å²) in [6.07, 6.45) is 2.12. The van der Waals surface area contributed by atoms with Crippen LogP contribution in [0.25, 0.3) is 0 Å². The smallest absolute Gasteiger partial charge is 0.383 e. The number of aryl methyl sites for hydroxylation is 1. The first-order valence-corrected chi connectivity index (χ1v) is 9.35. The molecule has 0 amide bonds. The molecule has 1 unspecified atom stereocenters. The Morgan fingerprint density at radius 3 is 2.54 bits per heavy atom. The summed E-state index contributed by atoms with van der Waals surface area (Å²) in [5.41, 5.74) is 2.62. The molecular weight excluding hydrogens is 365 g/mol. The molecule has 0 radical (unpaired) electrons. The predicted molar refractivity (Wildman–Crippen MR) is 89.5 cm³/mol. The maximum atomic E-state index is 14.1. The third-order valence-corrected chi connectivity index (χ3v) is 4.86. The highest BCUT2D eigenvalue weighted by Gasteiger charge is 2.32. The Hall–Kier alpha value is -2.38.